The molecular weight excluding hydrogens is 220 g/mol. The number of carbonyl (C=O) groups excluding carboxylic acids is 1. The molecule has 5 nitrogen and oxygen atoms in total. The van der Waals surface area contributed by atoms with Crippen molar-refractivity contribution in [2.75, 3.05) is 0 Å². The molecule has 0 spiro atoms. The first-order chi connectivity index (χ1) is 7.97. The van der Waals surface area contributed by atoms with Crippen molar-refractivity contribution in [3.8, 4) is 0 Å². The number of carbonyl (C=O) groups is 2. The van der Waals surface area contributed by atoms with Gasteiger partial charge >= 0.3 is 12.0 Å². The molecule has 1 rings (SSSR count). The number of rotatable bonds is 3. The zero-order valence-corrected chi connectivity index (χ0v) is 10.8. The molecule has 2 N–H and O–H groups in total. The van der Waals surface area contributed by atoms with Crippen LogP contribution >= 0.6 is 0 Å². The second kappa shape index (κ2) is 5.89. The van der Waals surface area contributed by atoms with E-state index < -0.39 is 12.0 Å². The van der Waals surface area contributed by atoms with Gasteiger partial charge < -0.3 is 15.3 Å². The normalized spacial score (nSPS) is 26.4. The van der Waals surface area contributed by atoms with E-state index in [-0.39, 0.29) is 18.1 Å². The van der Waals surface area contributed by atoms with E-state index >= 15 is 0 Å². The lowest BCUT2D eigenvalue weighted by Gasteiger charge is -2.39. The molecule has 5 heteroatoms. The van der Waals surface area contributed by atoms with E-state index in [2.05, 4.69) is 5.32 Å². The highest BCUT2D eigenvalue weighted by Crippen LogP contribution is 2.22. The van der Waals surface area contributed by atoms with Gasteiger partial charge in [0.1, 0.15) is 6.04 Å². The maximum atomic E-state index is 12.0. The summed E-state index contributed by atoms with van der Waals surface area (Å²) in [6.45, 7) is 5.77. The molecule has 0 radical (unpaired) electrons. The highest BCUT2D eigenvalue weighted by molar-refractivity contribution is 5.82. The largest absolute Gasteiger partial charge is 0.480 e. The fourth-order valence-electron chi connectivity index (χ4n) is 2.38. The van der Waals surface area contributed by atoms with Gasteiger partial charge in [-0.25, -0.2) is 9.59 Å². The van der Waals surface area contributed by atoms with Crippen molar-refractivity contribution in [1.82, 2.24) is 10.2 Å². The second-order valence-electron chi connectivity index (χ2n) is 4.78. The first-order valence-electron chi connectivity index (χ1n) is 6.29. The van der Waals surface area contributed by atoms with Gasteiger partial charge in [-0.3, -0.25) is 0 Å². The van der Waals surface area contributed by atoms with Crippen molar-refractivity contribution < 1.29 is 14.7 Å². The number of urea groups is 1. The lowest BCUT2D eigenvalue weighted by atomic mass is 9.98. The number of hydrogen-bond donors (Lipinski definition) is 2. The van der Waals surface area contributed by atoms with Crippen LogP contribution in [0.1, 0.15) is 46.5 Å². The summed E-state index contributed by atoms with van der Waals surface area (Å²) in [6, 6.07) is -0.669. The highest BCUT2D eigenvalue weighted by Gasteiger charge is 2.30. The Bertz CT molecular complexity index is 283. The van der Waals surface area contributed by atoms with Crippen LogP contribution in [0.2, 0.25) is 0 Å². The summed E-state index contributed by atoms with van der Waals surface area (Å²) in [5.74, 6) is -0.974. The van der Waals surface area contributed by atoms with Crippen molar-refractivity contribution in [2.24, 2.45) is 0 Å². The number of aliphatic carboxylic acids is 1. The Morgan fingerprint density at radius 3 is 2.29 bits per heavy atom. The van der Waals surface area contributed by atoms with Crippen LogP contribution < -0.4 is 5.32 Å². The standard InChI is InChI=1S/C12H22N2O3/c1-4-10(11(15)16)13-12(17)14-8(2)6-5-7-9(14)3/h8-10H,4-7H2,1-3H3,(H,13,17)(H,15,16)/t8-,9+,10-/m1/s1. The molecule has 1 aliphatic rings. The first-order valence-corrected chi connectivity index (χ1v) is 6.29. The Morgan fingerprint density at radius 1 is 1.35 bits per heavy atom. The van der Waals surface area contributed by atoms with Crippen LogP contribution in [-0.2, 0) is 4.79 Å². The number of carboxylic acids is 1. The van der Waals surface area contributed by atoms with Crippen molar-refractivity contribution in [2.45, 2.75) is 64.6 Å². The third kappa shape index (κ3) is 3.35. The van der Waals surface area contributed by atoms with Crippen molar-refractivity contribution in [3.63, 3.8) is 0 Å². The maximum Gasteiger partial charge on any atom is 0.326 e. The fraction of sp³-hybridized carbons (Fsp3) is 0.833. The first kappa shape index (κ1) is 13.8. The SMILES string of the molecule is CC[C@@H](NC(=O)N1[C@H](C)CCC[C@@H]1C)C(=O)O. The Labute approximate surface area is 102 Å². The summed E-state index contributed by atoms with van der Waals surface area (Å²) in [7, 11) is 0. The average Bonchev–Trinajstić information content (AvgIpc) is 2.25. The Kier molecular flexibility index (Phi) is 4.78. The lowest BCUT2D eigenvalue weighted by Crippen LogP contribution is -2.55. The molecule has 2 amide bonds. The summed E-state index contributed by atoms with van der Waals surface area (Å²) in [6.07, 6.45) is 3.50. The van der Waals surface area contributed by atoms with Gasteiger partial charge in [0.05, 0.1) is 0 Å². The minimum absolute atomic E-state index is 0.185. The molecule has 0 saturated carbocycles. The summed E-state index contributed by atoms with van der Waals surface area (Å²) in [5.41, 5.74) is 0. The molecule has 0 unspecified atom stereocenters. The summed E-state index contributed by atoms with van der Waals surface area (Å²) in [5, 5.41) is 11.5. The molecular formula is C12H22N2O3. The quantitative estimate of drug-likeness (QED) is 0.793. The van der Waals surface area contributed by atoms with E-state index in [1.54, 1.807) is 11.8 Å². The highest BCUT2D eigenvalue weighted by atomic mass is 16.4. The fourth-order valence-corrected chi connectivity index (χ4v) is 2.38. The number of carboxylic acid groups (broad SMARTS) is 1. The van der Waals surface area contributed by atoms with Gasteiger partial charge in [0.15, 0.2) is 0 Å². The lowest BCUT2D eigenvalue weighted by molar-refractivity contribution is -0.139. The number of likely N-dealkylation sites (tertiary alicyclic amines) is 1. The minimum atomic E-state index is -0.974. The van der Waals surface area contributed by atoms with E-state index in [9.17, 15) is 9.59 Å². The van der Waals surface area contributed by atoms with Crippen LogP contribution in [0, 0.1) is 0 Å². The summed E-state index contributed by atoms with van der Waals surface area (Å²) < 4.78 is 0. The third-order valence-electron chi connectivity index (χ3n) is 3.43. The molecule has 1 heterocycles. The predicted octanol–water partition coefficient (Wildman–Crippen LogP) is 1.82. The van der Waals surface area contributed by atoms with Gasteiger partial charge in [-0.2, -0.15) is 0 Å². The van der Waals surface area contributed by atoms with Crippen LogP contribution in [0.4, 0.5) is 4.79 Å². The van der Waals surface area contributed by atoms with Crippen molar-refractivity contribution in [1.29, 1.82) is 0 Å². The smallest absolute Gasteiger partial charge is 0.326 e. The zero-order chi connectivity index (χ0) is 13.0. The van der Waals surface area contributed by atoms with E-state index in [0.29, 0.717) is 6.42 Å². The summed E-state index contributed by atoms with van der Waals surface area (Å²) in [4.78, 5) is 24.7. The molecule has 17 heavy (non-hydrogen) atoms. The molecule has 0 aromatic carbocycles. The van der Waals surface area contributed by atoms with E-state index in [1.165, 1.54) is 0 Å². The number of piperidine rings is 1. The zero-order valence-electron chi connectivity index (χ0n) is 10.8. The van der Waals surface area contributed by atoms with Gasteiger partial charge in [0.25, 0.3) is 0 Å². The van der Waals surface area contributed by atoms with Crippen LogP contribution in [0.25, 0.3) is 0 Å². The second-order valence-corrected chi connectivity index (χ2v) is 4.78. The third-order valence-corrected chi connectivity index (χ3v) is 3.43. The topological polar surface area (TPSA) is 69.6 Å². The van der Waals surface area contributed by atoms with Gasteiger partial charge in [-0.15, -0.1) is 0 Å². The van der Waals surface area contributed by atoms with E-state index in [4.69, 9.17) is 5.11 Å². The van der Waals surface area contributed by atoms with Crippen molar-refractivity contribution in [3.05, 3.63) is 0 Å². The van der Waals surface area contributed by atoms with E-state index in [0.717, 1.165) is 19.3 Å². The number of amides is 2. The van der Waals surface area contributed by atoms with Crippen LogP contribution in [0.5, 0.6) is 0 Å². The Morgan fingerprint density at radius 2 is 1.88 bits per heavy atom. The molecule has 98 valence electrons. The maximum absolute atomic E-state index is 12.0. The Balaban J connectivity index is 2.64. The molecule has 1 fully saturated rings. The molecule has 0 aromatic rings. The van der Waals surface area contributed by atoms with E-state index in [1.807, 2.05) is 13.8 Å². The Hall–Kier alpha value is -1.26. The van der Waals surface area contributed by atoms with Gasteiger partial charge in [-0.05, 0) is 39.5 Å². The monoisotopic (exact) mass is 242 g/mol. The molecule has 0 bridgehead atoms. The molecule has 1 aliphatic heterocycles. The molecule has 1 saturated heterocycles. The van der Waals surface area contributed by atoms with Gasteiger partial charge in [-0.1, -0.05) is 6.92 Å². The average molecular weight is 242 g/mol. The molecule has 3 atom stereocenters. The van der Waals surface area contributed by atoms with Gasteiger partial charge in [0.2, 0.25) is 0 Å². The van der Waals surface area contributed by atoms with Crippen LogP contribution in [-0.4, -0.2) is 40.1 Å². The van der Waals surface area contributed by atoms with Crippen LogP contribution in [0.3, 0.4) is 0 Å². The predicted molar refractivity (Wildman–Crippen MR) is 64.9 cm³/mol. The minimum Gasteiger partial charge on any atom is -0.480 e. The molecule has 0 aliphatic carbocycles. The number of nitrogens with one attached hydrogen (secondary N) is 1. The van der Waals surface area contributed by atoms with Crippen molar-refractivity contribution >= 4 is 12.0 Å². The number of nitrogens with zero attached hydrogens (tertiary/aromatic N) is 1. The van der Waals surface area contributed by atoms with Crippen LogP contribution in [0.15, 0.2) is 0 Å². The van der Waals surface area contributed by atoms with Gasteiger partial charge in [0, 0.05) is 12.1 Å². The number of hydrogen-bond acceptors (Lipinski definition) is 2. The molecule has 0 aromatic heterocycles. The summed E-state index contributed by atoms with van der Waals surface area (Å²) >= 11 is 0.